The number of anilines is 2. The van der Waals surface area contributed by atoms with Crippen LogP contribution in [0.25, 0.3) is 22.3 Å². The fourth-order valence-electron chi connectivity index (χ4n) is 4.50. The van der Waals surface area contributed by atoms with Crippen LogP contribution in [0.1, 0.15) is 30.4 Å². The van der Waals surface area contributed by atoms with E-state index in [0.29, 0.717) is 0 Å². The van der Waals surface area contributed by atoms with Crippen LogP contribution < -0.4 is 15.5 Å². The zero-order valence-corrected chi connectivity index (χ0v) is 19.1. The molecular weight excluding hydrogens is 382 g/mol. The average Bonchev–Trinajstić information content (AvgIpc) is 2.97. The van der Waals surface area contributed by atoms with Crippen molar-refractivity contribution in [3.63, 3.8) is 0 Å². The van der Waals surface area contributed by atoms with Gasteiger partial charge in [0.05, 0.1) is 5.69 Å². The van der Waals surface area contributed by atoms with Crippen LogP contribution in [0.15, 0.2) is 48.9 Å². The highest BCUT2D eigenvalue weighted by atomic mass is 15.1. The van der Waals surface area contributed by atoms with Gasteiger partial charge in [-0.15, -0.1) is 0 Å². The topological polar surface area (TPSA) is 58.3 Å². The molecule has 2 N–H and O–H groups in total. The minimum Gasteiger partial charge on any atom is -0.370 e. The summed E-state index contributed by atoms with van der Waals surface area (Å²) in [6, 6.07) is 11.2. The van der Waals surface area contributed by atoms with Crippen molar-refractivity contribution in [2.45, 2.75) is 39.2 Å². The summed E-state index contributed by atoms with van der Waals surface area (Å²) in [7, 11) is 4.02. The Morgan fingerprint density at radius 3 is 2.26 bits per heavy atom. The summed E-state index contributed by atoms with van der Waals surface area (Å²) in [5.74, 6) is 0.949. The van der Waals surface area contributed by atoms with Gasteiger partial charge in [-0.05, 0) is 50.8 Å². The van der Waals surface area contributed by atoms with Gasteiger partial charge in [-0.25, -0.2) is 4.98 Å². The summed E-state index contributed by atoms with van der Waals surface area (Å²) in [6.07, 6.45) is 9.15. The molecule has 0 spiro atoms. The van der Waals surface area contributed by atoms with Gasteiger partial charge >= 0.3 is 0 Å². The van der Waals surface area contributed by atoms with Gasteiger partial charge in [0.25, 0.3) is 0 Å². The number of benzene rings is 1. The second kappa shape index (κ2) is 9.06. The predicted molar refractivity (Wildman–Crippen MR) is 131 cm³/mol. The van der Waals surface area contributed by atoms with E-state index in [2.05, 4.69) is 59.0 Å². The van der Waals surface area contributed by atoms with E-state index in [4.69, 9.17) is 5.73 Å². The molecule has 1 aliphatic heterocycles. The van der Waals surface area contributed by atoms with Crippen LogP contribution in [-0.4, -0.2) is 43.2 Å². The van der Waals surface area contributed by atoms with Crippen LogP contribution in [0.3, 0.4) is 0 Å². The van der Waals surface area contributed by atoms with E-state index in [9.17, 15) is 0 Å². The van der Waals surface area contributed by atoms with Crippen molar-refractivity contribution in [3.05, 3.63) is 60.0 Å². The molecule has 4 rings (SSSR count). The van der Waals surface area contributed by atoms with E-state index in [1.165, 1.54) is 27.9 Å². The first-order valence-corrected chi connectivity index (χ1v) is 11.1. The number of rotatable bonds is 4. The van der Waals surface area contributed by atoms with Crippen molar-refractivity contribution >= 4 is 11.5 Å². The predicted octanol–water partition coefficient (Wildman–Crippen LogP) is 4.81. The molecule has 0 amide bonds. The first-order chi connectivity index (χ1) is 14.9. The molecule has 5 heteroatoms. The fourth-order valence-corrected chi connectivity index (χ4v) is 4.50. The molecule has 1 fully saturated rings. The molecule has 1 unspecified atom stereocenters. The lowest BCUT2D eigenvalue weighted by molar-refractivity contribution is 0.601. The molecule has 31 heavy (non-hydrogen) atoms. The minimum absolute atomic E-state index is 0.279. The van der Waals surface area contributed by atoms with Gasteiger partial charge in [0.15, 0.2) is 0 Å². The molecule has 3 heterocycles. The summed E-state index contributed by atoms with van der Waals surface area (Å²) >= 11 is 0. The number of nitrogens with zero attached hydrogens (tertiary/aromatic N) is 4. The Morgan fingerprint density at radius 1 is 0.903 bits per heavy atom. The number of nitrogens with two attached hydrogens (primary N) is 1. The van der Waals surface area contributed by atoms with Crippen molar-refractivity contribution in [1.29, 1.82) is 0 Å². The summed E-state index contributed by atoms with van der Waals surface area (Å²) < 4.78 is 0. The molecule has 0 bridgehead atoms. The number of hydrogen-bond donors (Lipinski definition) is 1. The van der Waals surface area contributed by atoms with Gasteiger partial charge in [-0.2, -0.15) is 0 Å². The van der Waals surface area contributed by atoms with E-state index in [1.807, 2.05) is 37.6 Å². The van der Waals surface area contributed by atoms with Gasteiger partial charge in [0.1, 0.15) is 5.82 Å². The third-order valence-corrected chi connectivity index (χ3v) is 6.06. The normalized spacial score (nSPS) is 16.8. The lowest BCUT2D eigenvalue weighted by atomic mass is 9.96. The van der Waals surface area contributed by atoms with Crippen molar-refractivity contribution in [3.8, 4) is 22.3 Å². The van der Waals surface area contributed by atoms with Gasteiger partial charge in [0, 0.05) is 68.5 Å². The van der Waals surface area contributed by atoms with Crippen LogP contribution in [-0.2, 0) is 0 Å². The zero-order chi connectivity index (χ0) is 22.0. The molecule has 1 aliphatic rings. The van der Waals surface area contributed by atoms with Gasteiger partial charge < -0.3 is 15.5 Å². The molecule has 1 atom stereocenters. The zero-order valence-electron chi connectivity index (χ0n) is 19.1. The minimum atomic E-state index is 0.279. The number of aromatic nitrogens is 2. The van der Waals surface area contributed by atoms with Gasteiger partial charge in [0.2, 0.25) is 0 Å². The molecule has 1 saturated heterocycles. The maximum Gasteiger partial charge on any atom is 0.127 e. The van der Waals surface area contributed by atoms with Crippen LogP contribution in [0, 0.1) is 13.8 Å². The van der Waals surface area contributed by atoms with Crippen molar-refractivity contribution in [2.75, 3.05) is 37.0 Å². The van der Waals surface area contributed by atoms with Crippen molar-refractivity contribution in [1.82, 2.24) is 9.97 Å². The second-order valence-corrected chi connectivity index (χ2v) is 8.94. The quantitative estimate of drug-likeness (QED) is 0.663. The van der Waals surface area contributed by atoms with Gasteiger partial charge in [-0.3, -0.25) is 4.98 Å². The maximum absolute atomic E-state index is 6.30. The summed E-state index contributed by atoms with van der Waals surface area (Å²) in [5, 5.41) is 0. The van der Waals surface area contributed by atoms with Crippen molar-refractivity contribution < 1.29 is 0 Å². The molecule has 1 aromatic carbocycles. The Labute approximate surface area is 185 Å². The Balaban J connectivity index is 1.88. The first kappa shape index (κ1) is 21.3. The Morgan fingerprint density at radius 2 is 1.61 bits per heavy atom. The third-order valence-electron chi connectivity index (χ3n) is 6.06. The molecule has 0 radical (unpaired) electrons. The molecule has 162 valence electrons. The lowest BCUT2D eigenvalue weighted by Gasteiger charge is -2.28. The number of pyridine rings is 2. The summed E-state index contributed by atoms with van der Waals surface area (Å²) in [5.41, 5.74) is 14.7. The largest absolute Gasteiger partial charge is 0.370 e. The Bertz CT molecular complexity index is 1020. The Hall–Kier alpha value is -2.92. The number of aryl methyl sites for hydroxylation is 2. The molecular formula is C26H33N5. The summed E-state index contributed by atoms with van der Waals surface area (Å²) in [4.78, 5) is 13.8. The highest BCUT2D eigenvalue weighted by Gasteiger charge is 2.22. The highest BCUT2D eigenvalue weighted by Crippen LogP contribution is 2.40. The maximum atomic E-state index is 6.30. The van der Waals surface area contributed by atoms with Crippen LogP contribution >= 0.6 is 0 Å². The lowest BCUT2D eigenvalue weighted by Crippen LogP contribution is -2.27. The monoisotopic (exact) mass is 415 g/mol. The van der Waals surface area contributed by atoms with Crippen LogP contribution in [0.2, 0.25) is 0 Å². The van der Waals surface area contributed by atoms with Crippen LogP contribution in [0.4, 0.5) is 11.5 Å². The first-order valence-electron chi connectivity index (χ1n) is 11.1. The van der Waals surface area contributed by atoms with E-state index in [0.717, 1.165) is 49.3 Å². The van der Waals surface area contributed by atoms with E-state index in [-0.39, 0.29) is 6.04 Å². The van der Waals surface area contributed by atoms with E-state index < -0.39 is 0 Å². The SMILES string of the molecule is Cc1cc(C)cc(-c2cncc(-c3ccc(N(C)C)nc3)c2N2CCCC(N)CC2)c1. The fraction of sp³-hybridized carbons (Fsp3) is 0.385. The highest BCUT2D eigenvalue weighted by molar-refractivity contribution is 5.90. The molecule has 0 aliphatic carbocycles. The average molecular weight is 416 g/mol. The smallest absolute Gasteiger partial charge is 0.127 e. The van der Waals surface area contributed by atoms with E-state index >= 15 is 0 Å². The molecule has 2 aromatic heterocycles. The molecule has 3 aromatic rings. The summed E-state index contributed by atoms with van der Waals surface area (Å²) in [6.45, 7) is 6.27. The third kappa shape index (κ3) is 4.72. The second-order valence-electron chi connectivity index (χ2n) is 8.94. The Kier molecular flexibility index (Phi) is 6.23. The number of hydrogen-bond acceptors (Lipinski definition) is 5. The van der Waals surface area contributed by atoms with Crippen molar-refractivity contribution in [2.24, 2.45) is 5.73 Å². The molecule has 5 nitrogen and oxygen atoms in total. The van der Waals surface area contributed by atoms with Crippen LogP contribution in [0.5, 0.6) is 0 Å². The molecule has 0 saturated carbocycles. The van der Waals surface area contributed by atoms with Gasteiger partial charge in [-0.1, -0.05) is 29.3 Å². The standard InChI is InChI=1S/C26H33N5/c1-18-12-19(2)14-21(13-18)24-17-28-16-23(20-7-8-25(29-15-20)30(3)4)26(24)31-10-5-6-22(27)9-11-31/h7-8,12-17,22H,5-6,9-11,27H2,1-4H3. The van der Waals surface area contributed by atoms with E-state index in [1.54, 1.807) is 0 Å².